The molecule has 0 aliphatic carbocycles. The van der Waals surface area contributed by atoms with Crippen LogP contribution in [-0.2, 0) is 0 Å². The number of nitrogens with one attached hydrogen (secondary N) is 1. The van der Waals surface area contributed by atoms with Gasteiger partial charge in [0.2, 0.25) is 0 Å². The molecule has 1 aromatic heterocycles. The van der Waals surface area contributed by atoms with Gasteiger partial charge in [0, 0.05) is 11.8 Å². The number of nitrogens with zero attached hydrogens (tertiary/aromatic N) is 1. The second-order valence-electron chi connectivity index (χ2n) is 1.92. The van der Waals surface area contributed by atoms with Crippen LogP contribution in [0.2, 0.25) is 0 Å². The van der Waals surface area contributed by atoms with Crippen molar-refractivity contribution < 1.29 is 8.78 Å². The highest BCUT2D eigenvalue weighted by Gasteiger charge is 2.06. The Balaban J connectivity index is 2.91. The van der Waals surface area contributed by atoms with Crippen molar-refractivity contribution in [3.05, 3.63) is 23.9 Å². The normalized spacial score (nSPS) is 10.2. The summed E-state index contributed by atoms with van der Waals surface area (Å²) in [4.78, 5) is 3.67. The zero-order valence-electron chi connectivity index (χ0n) is 5.59. The maximum atomic E-state index is 12.0. The highest BCUT2D eigenvalue weighted by atomic mass is 19.3. The van der Waals surface area contributed by atoms with Gasteiger partial charge >= 0.3 is 0 Å². The lowest BCUT2D eigenvalue weighted by molar-refractivity contribution is 0.151. The molecule has 3 N–H and O–H groups in total. The van der Waals surface area contributed by atoms with Crippen LogP contribution in [0, 0.1) is 0 Å². The fraction of sp³-hybridized carbons (Fsp3) is 0.167. The molecule has 0 fully saturated rings. The first-order valence-electron chi connectivity index (χ1n) is 2.94. The van der Waals surface area contributed by atoms with E-state index in [1.54, 1.807) is 0 Å². The van der Waals surface area contributed by atoms with E-state index in [2.05, 4.69) is 10.4 Å². The van der Waals surface area contributed by atoms with Crippen LogP contribution in [-0.4, -0.2) is 4.98 Å². The number of hydrogen-bond donors (Lipinski definition) is 2. The van der Waals surface area contributed by atoms with Crippen LogP contribution in [0.15, 0.2) is 18.3 Å². The van der Waals surface area contributed by atoms with E-state index in [4.69, 9.17) is 5.84 Å². The van der Waals surface area contributed by atoms with Crippen LogP contribution < -0.4 is 11.3 Å². The van der Waals surface area contributed by atoms with E-state index in [-0.39, 0.29) is 11.4 Å². The molecule has 5 heteroatoms. The Kier molecular flexibility index (Phi) is 2.32. The summed E-state index contributed by atoms with van der Waals surface area (Å²) in [5, 5.41) is 0. The van der Waals surface area contributed by atoms with Crippen molar-refractivity contribution in [3.63, 3.8) is 0 Å². The fourth-order valence-corrected chi connectivity index (χ4v) is 0.662. The molecule has 0 radical (unpaired) electrons. The Labute approximate surface area is 62.2 Å². The van der Waals surface area contributed by atoms with E-state index >= 15 is 0 Å². The Morgan fingerprint density at radius 3 is 2.82 bits per heavy atom. The molecule has 0 unspecified atom stereocenters. The largest absolute Gasteiger partial charge is 0.308 e. The van der Waals surface area contributed by atoms with Gasteiger partial charge in [0.1, 0.15) is 5.82 Å². The van der Waals surface area contributed by atoms with E-state index < -0.39 is 6.43 Å². The molecule has 0 saturated carbocycles. The highest BCUT2D eigenvalue weighted by molar-refractivity contribution is 5.36. The molecule has 0 aliphatic heterocycles. The van der Waals surface area contributed by atoms with E-state index in [1.807, 2.05) is 0 Å². The molecule has 0 spiro atoms. The quantitative estimate of drug-likeness (QED) is 0.505. The Bertz CT molecular complexity index is 239. The first kappa shape index (κ1) is 7.87. The second-order valence-corrected chi connectivity index (χ2v) is 1.92. The third-order valence-corrected chi connectivity index (χ3v) is 1.18. The molecule has 0 bridgehead atoms. The van der Waals surface area contributed by atoms with Crippen LogP contribution in [0.1, 0.15) is 12.0 Å². The molecule has 1 aromatic rings. The minimum absolute atomic E-state index is 0.0899. The van der Waals surface area contributed by atoms with Crippen LogP contribution in [0.3, 0.4) is 0 Å². The summed E-state index contributed by atoms with van der Waals surface area (Å²) in [5.74, 6) is 5.20. The molecule has 1 heterocycles. The van der Waals surface area contributed by atoms with E-state index in [1.165, 1.54) is 18.3 Å². The summed E-state index contributed by atoms with van der Waals surface area (Å²) in [6.07, 6.45) is -1.21. The molecule has 0 aliphatic rings. The van der Waals surface area contributed by atoms with E-state index in [0.29, 0.717) is 0 Å². The highest BCUT2D eigenvalue weighted by Crippen LogP contribution is 2.19. The van der Waals surface area contributed by atoms with E-state index in [9.17, 15) is 8.78 Å². The molecule has 3 nitrogen and oxygen atoms in total. The number of nitrogens with two attached hydrogens (primary N) is 1. The molecule has 0 atom stereocenters. The molecule has 60 valence electrons. The van der Waals surface area contributed by atoms with Gasteiger partial charge in [0.25, 0.3) is 6.43 Å². The third kappa shape index (κ3) is 1.84. The Hall–Kier alpha value is -1.23. The maximum Gasteiger partial charge on any atom is 0.264 e. The lowest BCUT2D eigenvalue weighted by atomic mass is 10.3. The number of hydrazine groups is 1. The predicted octanol–water partition coefficient (Wildman–Crippen LogP) is 1.30. The standard InChI is InChI=1S/C6H7F2N3/c7-6(8)4-1-2-10-5(3-4)11-9/h1-3,6H,9H2,(H,10,11). The van der Waals surface area contributed by atoms with Crippen molar-refractivity contribution in [1.29, 1.82) is 0 Å². The van der Waals surface area contributed by atoms with Crippen molar-refractivity contribution in [2.45, 2.75) is 6.43 Å². The monoisotopic (exact) mass is 159 g/mol. The summed E-state index contributed by atoms with van der Waals surface area (Å²) in [6.45, 7) is 0. The number of hydrogen-bond acceptors (Lipinski definition) is 3. The molecule has 11 heavy (non-hydrogen) atoms. The third-order valence-electron chi connectivity index (χ3n) is 1.18. The molecule has 0 amide bonds. The molecular weight excluding hydrogens is 152 g/mol. The van der Waals surface area contributed by atoms with Gasteiger partial charge in [0.15, 0.2) is 0 Å². The van der Waals surface area contributed by atoms with Crippen LogP contribution >= 0.6 is 0 Å². The summed E-state index contributed by atoms with van der Waals surface area (Å²) in [7, 11) is 0. The number of anilines is 1. The van der Waals surface area contributed by atoms with Crippen molar-refractivity contribution in [1.82, 2.24) is 4.98 Å². The summed E-state index contributed by atoms with van der Waals surface area (Å²) >= 11 is 0. The smallest absolute Gasteiger partial charge is 0.264 e. The maximum absolute atomic E-state index is 12.0. The lowest BCUT2D eigenvalue weighted by Crippen LogP contribution is -2.08. The zero-order chi connectivity index (χ0) is 8.27. The van der Waals surface area contributed by atoms with Gasteiger partial charge in [-0.1, -0.05) is 0 Å². The molecular formula is C6H7F2N3. The fourth-order valence-electron chi connectivity index (χ4n) is 0.662. The van der Waals surface area contributed by atoms with Crippen molar-refractivity contribution in [2.75, 3.05) is 5.43 Å². The van der Waals surface area contributed by atoms with Gasteiger partial charge in [-0.3, -0.25) is 0 Å². The number of alkyl halides is 2. The van der Waals surface area contributed by atoms with Gasteiger partial charge < -0.3 is 5.43 Å². The Morgan fingerprint density at radius 1 is 1.55 bits per heavy atom. The van der Waals surface area contributed by atoms with Crippen molar-refractivity contribution >= 4 is 5.82 Å². The second kappa shape index (κ2) is 3.25. The summed E-state index contributed by atoms with van der Waals surface area (Å²) < 4.78 is 24.0. The Morgan fingerprint density at radius 2 is 2.27 bits per heavy atom. The SMILES string of the molecule is NNc1cc(C(F)F)ccn1. The van der Waals surface area contributed by atoms with Crippen LogP contribution in [0.4, 0.5) is 14.6 Å². The molecule has 1 rings (SSSR count). The lowest BCUT2D eigenvalue weighted by Gasteiger charge is -2.01. The topological polar surface area (TPSA) is 50.9 Å². The number of nitrogen functional groups attached to an aromatic ring is 1. The number of halogens is 2. The number of aromatic nitrogens is 1. The van der Waals surface area contributed by atoms with Gasteiger partial charge in [-0.05, 0) is 12.1 Å². The first-order chi connectivity index (χ1) is 5.24. The zero-order valence-corrected chi connectivity index (χ0v) is 5.59. The summed E-state index contributed by atoms with van der Waals surface area (Å²) in [5.41, 5.74) is 2.09. The van der Waals surface area contributed by atoms with Gasteiger partial charge in [-0.2, -0.15) is 0 Å². The van der Waals surface area contributed by atoms with Crippen molar-refractivity contribution in [2.24, 2.45) is 5.84 Å². The minimum Gasteiger partial charge on any atom is -0.308 e. The average Bonchev–Trinajstić information content (AvgIpc) is 2.05. The number of rotatable bonds is 2. The molecule has 0 saturated heterocycles. The van der Waals surface area contributed by atoms with Gasteiger partial charge in [-0.25, -0.2) is 19.6 Å². The predicted molar refractivity (Wildman–Crippen MR) is 37.0 cm³/mol. The average molecular weight is 159 g/mol. The van der Waals surface area contributed by atoms with Gasteiger partial charge in [0.05, 0.1) is 0 Å². The van der Waals surface area contributed by atoms with Crippen LogP contribution in [0.25, 0.3) is 0 Å². The van der Waals surface area contributed by atoms with Crippen LogP contribution in [0.5, 0.6) is 0 Å². The molecule has 0 aromatic carbocycles. The first-order valence-corrected chi connectivity index (χ1v) is 2.94. The van der Waals surface area contributed by atoms with Gasteiger partial charge in [-0.15, -0.1) is 0 Å². The summed E-state index contributed by atoms with van der Waals surface area (Å²) in [6, 6.07) is 2.44. The number of pyridine rings is 1. The van der Waals surface area contributed by atoms with Crippen molar-refractivity contribution in [3.8, 4) is 0 Å². The van der Waals surface area contributed by atoms with E-state index in [0.717, 1.165) is 0 Å². The minimum atomic E-state index is -2.48.